The molecule has 6 aromatic carbocycles. The highest BCUT2D eigenvalue weighted by atomic mass is 19.4. The summed E-state index contributed by atoms with van der Waals surface area (Å²) in [6, 6.07) is 44.5. The molecule has 33 nitrogen and oxygen atoms in total. The van der Waals surface area contributed by atoms with Crippen LogP contribution in [0.4, 0.5) is 151 Å². The number of nitrogens with one attached hydrogen (secondary N) is 9. The number of rotatable bonds is 30. The molecule has 13 N–H and O–H groups in total. The third-order valence-corrected chi connectivity index (χ3v) is 20.6. The molecule has 0 bridgehead atoms. The molecule has 14 aromatic rings. The van der Waals surface area contributed by atoms with E-state index in [-0.39, 0.29) is 87.0 Å². The number of hydrogen-bond acceptors (Lipinski definition) is 31. The summed E-state index contributed by atoms with van der Waals surface area (Å²) in [4.78, 5) is 75.6. The first kappa shape index (κ1) is 105. The van der Waals surface area contributed by atoms with E-state index in [1.165, 1.54) is 122 Å². The summed E-state index contributed by atoms with van der Waals surface area (Å²) in [5.41, 5.74) is 24.7. The number of aromatic nitrogens is 12. The highest BCUT2D eigenvalue weighted by molar-refractivity contribution is 5.94. The number of primary amides is 2. The molecule has 2 fully saturated rings. The standard InChI is InChI=1S/C25H27F4N7O.2C24H17F4N7O.C23H24F4N8O/c1-15(2)22-14-36(9-10-37-22)23-20(26)13-30-24(34-23)35-31-12-19-7-8-21(16(3)32-19)33-18-6-4-5-17(11-18)25(27,28)29;25-20-13-31-23(34-21(20)14-3-1-4-15(9-14)22(29)36)35-32-12-18-7-8-19(11-30-18)33-17-6-2-5-16(10-17)24(26,27)28;25-20-13-31-23(34-21(20)14-4-6-15(7-5-14)22(29)36)35-32-12-18-8-9-19(11-30-18)33-17-3-1-2-16(10-17)24(26,27)28;24-20-15-30-22(33-21(20)28-6-7-35-8-10-36-11-9-35)34-31-14-18-4-5-19(13-29-18)32-17-3-1-2-16(12-17)23(25,26)27/h4-8,11-13,15,22,33H,9-10,14H2,1-3H3,(H,30,34,35);2*1-13,33H,(H2,29,36)(H,31,34,35);1-5,12-15,32H,6-11H2,(H2,28,30,33,34)/b31-12+;2*32-12+;31-14+. The molecule has 10 heterocycles. The zero-order valence-electron chi connectivity index (χ0n) is 76.2. The molecule has 750 valence electrons. The van der Waals surface area contributed by atoms with Crippen molar-refractivity contribution >= 4 is 118 Å². The molecule has 2 aliphatic heterocycles. The van der Waals surface area contributed by atoms with Crippen molar-refractivity contribution in [3.8, 4) is 22.5 Å². The van der Waals surface area contributed by atoms with E-state index in [2.05, 4.69) is 147 Å². The second-order valence-electron chi connectivity index (χ2n) is 31.5. The number of halogens is 16. The number of hydrazone groups is 4. The van der Waals surface area contributed by atoms with E-state index < -0.39 is 82.0 Å². The minimum absolute atomic E-state index is 0.00173. The number of pyridine rings is 4. The number of aryl methyl sites for hydroxylation is 1. The molecule has 0 aliphatic carbocycles. The van der Waals surface area contributed by atoms with Crippen molar-refractivity contribution in [2.24, 2.45) is 37.8 Å². The average Bonchev–Trinajstić information content (AvgIpc) is 0.818. The lowest BCUT2D eigenvalue weighted by Crippen LogP contribution is -2.45. The number of carbonyl (C=O) groups excluding carboxylic acids is 2. The molecule has 16 rings (SSSR count). The van der Waals surface area contributed by atoms with E-state index in [4.69, 9.17) is 20.9 Å². The van der Waals surface area contributed by atoms with Gasteiger partial charge in [-0.3, -0.25) is 29.4 Å². The number of ether oxygens (including phenoxy) is 2. The molecule has 1 atom stereocenters. The van der Waals surface area contributed by atoms with E-state index >= 15 is 0 Å². The predicted molar refractivity (Wildman–Crippen MR) is 514 cm³/mol. The molecule has 1 unspecified atom stereocenters. The van der Waals surface area contributed by atoms with Crippen molar-refractivity contribution < 1.29 is 89.3 Å². The van der Waals surface area contributed by atoms with E-state index in [1.807, 2.05) is 4.90 Å². The Morgan fingerprint density at radius 1 is 0.414 bits per heavy atom. The van der Waals surface area contributed by atoms with Crippen LogP contribution < -0.4 is 64.7 Å². The summed E-state index contributed by atoms with van der Waals surface area (Å²) < 4.78 is 223. The van der Waals surface area contributed by atoms with Gasteiger partial charge in [-0.1, -0.05) is 62.4 Å². The summed E-state index contributed by atoms with van der Waals surface area (Å²) in [6.45, 7) is 11.7. The van der Waals surface area contributed by atoms with Crippen LogP contribution in [0.1, 0.15) is 85.3 Å². The quantitative estimate of drug-likeness (QED) is 0.0113. The fraction of sp³-hybridized carbons (Fsp3) is 0.188. The van der Waals surface area contributed by atoms with Gasteiger partial charge in [-0.2, -0.15) is 83.1 Å². The number of nitrogens with zero attached hydrogens (tertiary/aromatic N) is 18. The van der Waals surface area contributed by atoms with Crippen LogP contribution in [-0.2, 0) is 34.2 Å². The summed E-state index contributed by atoms with van der Waals surface area (Å²) in [7, 11) is 0. The van der Waals surface area contributed by atoms with Crippen LogP contribution in [0.3, 0.4) is 0 Å². The SMILES string of the molecule is Cc1nc(/C=N/Nc2ncc(F)c(N3CCOC(C(C)C)C3)n2)ccc1Nc1cccc(C(F)(F)F)c1.Fc1cnc(N/N=C/c2ccc(Nc3cccc(C(F)(F)F)c3)cn2)nc1NCCN1CCOCC1.NC(=O)c1ccc(-c2nc(N/N=C/c3ccc(Nc4cccc(C(F)(F)F)c4)cn3)ncc2F)cc1.NC(=O)c1cccc(-c2nc(N/N=C/c3ccc(Nc4cccc(C(F)(F)F)c4)cn3)ncc2F)c1. The van der Waals surface area contributed by atoms with E-state index in [0.29, 0.717) is 107 Å². The molecule has 2 amide bonds. The summed E-state index contributed by atoms with van der Waals surface area (Å²) >= 11 is 0. The summed E-state index contributed by atoms with van der Waals surface area (Å²) in [6.07, 6.45) is -3.75. The van der Waals surface area contributed by atoms with Crippen LogP contribution in [0.2, 0.25) is 0 Å². The Morgan fingerprint density at radius 3 is 1.25 bits per heavy atom. The van der Waals surface area contributed by atoms with Gasteiger partial charge in [0.15, 0.2) is 34.9 Å². The summed E-state index contributed by atoms with van der Waals surface area (Å²) in [5.74, 6) is -2.94. The second-order valence-corrected chi connectivity index (χ2v) is 31.5. The van der Waals surface area contributed by atoms with E-state index in [0.717, 1.165) is 93.0 Å². The number of carbonyl (C=O) groups is 2. The number of benzene rings is 6. The summed E-state index contributed by atoms with van der Waals surface area (Å²) in [5, 5.41) is 30.6. The van der Waals surface area contributed by atoms with Gasteiger partial charge in [0.1, 0.15) is 11.4 Å². The monoisotopic (exact) mass is 2010 g/mol. The maximum Gasteiger partial charge on any atom is 0.416 e. The van der Waals surface area contributed by atoms with E-state index in [9.17, 15) is 79.8 Å². The number of alkyl halides is 12. The minimum Gasteiger partial charge on any atom is -0.379 e. The number of amides is 2. The largest absolute Gasteiger partial charge is 0.416 e. The van der Waals surface area contributed by atoms with Gasteiger partial charge in [-0.25, -0.2) is 74.2 Å². The molecule has 49 heteroatoms. The maximum atomic E-state index is 14.4. The van der Waals surface area contributed by atoms with Gasteiger partial charge in [-0.15, -0.1) is 0 Å². The second kappa shape index (κ2) is 48.7. The molecule has 0 radical (unpaired) electrons. The van der Waals surface area contributed by atoms with Gasteiger partial charge in [0.25, 0.3) is 0 Å². The number of nitrogens with two attached hydrogens (primary N) is 2. The highest BCUT2D eigenvalue weighted by Crippen LogP contribution is 2.37. The van der Waals surface area contributed by atoms with Crippen molar-refractivity contribution in [2.75, 3.05) is 112 Å². The predicted octanol–water partition coefficient (Wildman–Crippen LogP) is 19.3. The maximum absolute atomic E-state index is 14.4. The number of morpholine rings is 2. The molecule has 2 saturated heterocycles. The Morgan fingerprint density at radius 2 is 0.821 bits per heavy atom. The molecular formula is C96H85F16N29O4. The van der Waals surface area contributed by atoms with Crippen molar-refractivity contribution in [1.29, 1.82) is 0 Å². The minimum atomic E-state index is -4.44. The van der Waals surface area contributed by atoms with Crippen LogP contribution in [0, 0.1) is 36.1 Å². The third kappa shape index (κ3) is 31.6. The van der Waals surface area contributed by atoms with Crippen LogP contribution in [0.15, 0.2) is 258 Å². The zero-order valence-corrected chi connectivity index (χ0v) is 76.2. The zero-order chi connectivity index (χ0) is 103. The normalized spacial score (nSPS) is 13.5. The lowest BCUT2D eigenvalue weighted by atomic mass is 10.1. The average molecular weight is 2010 g/mol. The smallest absolute Gasteiger partial charge is 0.379 e. The van der Waals surface area contributed by atoms with Gasteiger partial charge in [0.2, 0.25) is 35.6 Å². The number of hydrogen-bond donors (Lipinski definition) is 11. The third-order valence-electron chi connectivity index (χ3n) is 20.6. The van der Waals surface area contributed by atoms with Crippen LogP contribution in [0.25, 0.3) is 22.5 Å². The van der Waals surface area contributed by atoms with Crippen LogP contribution in [-0.4, -0.2) is 167 Å². The Labute approximate surface area is 814 Å². The van der Waals surface area contributed by atoms with Crippen LogP contribution in [0.5, 0.6) is 0 Å². The Balaban J connectivity index is 0.000000162. The van der Waals surface area contributed by atoms with Crippen molar-refractivity contribution in [3.05, 3.63) is 323 Å². The van der Waals surface area contributed by atoms with Gasteiger partial charge in [0, 0.05) is 84.3 Å². The molecule has 8 aromatic heterocycles. The number of anilines is 14. The Kier molecular flexibility index (Phi) is 35.2. The van der Waals surface area contributed by atoms with Crippen molar-refractivity contribution in [2.45, 2.75) is 51.6 Å². The van der Waals surface area contributed by atoms with Gasteiger partial charge in [0.05, 0.1) is 168 Å². The van der Waals surface area contributed by atoms with Gasteiger partial charge < -0.3 is 52.4 Å². The molecule has 145 heavy (non-hydrogen) atoms. The van der Waals surface area contributed by atoms with Crippen molar-refractivity contribution in [3.63, 3.8) is 0 Å². The molecular weight excluding hydrogens is 1930 g/mol. The van der Waals surface area contributed by atoms with Gasteiger partial charge in [-0.05, 0) is 158 Å². The molecule has 0 spiro atoms. The van der Waals surface area contributed by atoms with Crippen molar-refractivity contribution in [1.82, 2.24) is 64.7 Å². The van der Waals surface area contributed by atoms with Crippen LogP contribution >= 0.6 is 0 Å². The Bertz CT molecular complexity index is 6890. The Hall–Kier alpha value is -17.4. The fourth-order valence-electron chi connectivity index (χ4n) is 13.3. The highest BCUT2D eigenvalue weighted by Gasteiger charge is 2.35. The fourth-order valence-corrected chi connectivity index (χ4v) is 13.3. The first-order valence-corrected chi connectivity index (χ1v) is 43.4. The lowest BCUT2D eigenvalue weighted by Gasteiger charge is -2.35. The lowest BCUT2D eigenvalue weighted by molar-refractivity contribution is -0.138. The van der Waals surface area contributed by atoms with E-state index in [1.54, 1.807) is 73.7 Å². The molecule has 2 aliphatic rings. The first-order valence-electron chi connectivity index (χ1n) is 43.4. The molecule has 0 saturated carbocycles. The topological polar surface area (TPSA) is 424 Å². The van der Waals surface area contributed by atoms with Gasteiger partial charge >= 0.3 is 24.7 Å². The first-order chi connectivity index (χ1) is 69.3.